The Morgan fingerprint density at radius 2 is 2.11 bits per heavy atom. The van der Waals surface area contributed by atoms with Gasteiger partial charge in [0.1, 0.15) is 0 Å². The number of nitrogens with one attached hydrogen (secondary N) is 1. The van der Waals surface area contributed by atoms with Crippen LogP contribution in [0.3, 0.4) is 0 Å². The number of amides is 1. The van der Waals surface area contributed by atoms with Gasteiger partial charge in [-0.25, -0.2) is 0 Å². The molecule has 1 N–H and O–H groups in total. The third-order valence-corrected chi connectivity index (χ3v) is 6.87. The van der Waals surface area contributed by atoms with E-state index in [0.29, 0.717) is 11.8 Å². The number of carbonyl (C=O) groups is 1. The van der Waals surface area contributed by atoms with Crippen LogP contribution < -0.4 is 5.32 Å². The summed E-state index contributed by atoms with van der Waals surface area (Å²) in [5.74, 6) is 1.27. The van der Waals surface area contributed by atoms with Crippen LogP contribution in [0, 0.1) is 13.8 Å². The summed E-state index contributed by atoms with van der Waals surface area (Å²) in [6.45, 7) is 6.22. The van der Waals surface area contributed by atoms with Gasteiger partial charge in [0, 0.05) is 6.04 Å². The lowest BCUT2D eigenvalue weighted by molar-refractivity contribution is -0.119. The maximum Gasteiger partial charge on any atom is 0.230 e. The fraction of sp³-hybridized carbons (Fsp3) is 0.381. The largest absolute Gasteiger partial charge is 0.349 e. The van der Waals surface area contributed by atoms with E-state index in [1.54, 1.807) is 11.3 Å². The topological polar surface area (TPSA) is 59.8 Å². The van der Waals surface area contributed by atoms with Crippen LogP contribution in [-0.4, -0.2) is 26.4 Å². The Balaban J connectivity index is 1.40. The first kappa shape index (κ1) is 19.2. The Hall–Kier alpha value is -2.12. The monoisotopic (exact) mass is 412 g/mol. The Morgan fingerprint density at radius 3 is 2.79 bits per heavy atom. The summed E-state index contributed by atoms with van der Waals surface area (Å²) in [7, 11) is 0. The van der Waals surface area contributed by atoms with Gasteiger partial charge >= 0.3 is 0 Å². The first-order valence-electron chi connectivity index (χ1n) is 9.51. The molecule has 2 aromatic heterocycles. The summed E-state index contributed by atoms with van der Waals surface area (Å²) in [6, 6.07) is 10.9. The molecule has 4 rings (SSSR count). The highest BCUT2D eigenvalue weighted by Crippen LogP contribution is 2.41. The molecule has 0 bridgehead atoms. The van der Waals surface area contributed by atoms with Crippen LogP contribution >= 0.6 is 23.1 Å². The van der Waals surface area contributed by atoms with E-state index in [-0.39, 0.29) is 11.9 Å². The first-order chi connectivity index (χ1) is 13.5. The van der Waals surface area contributed by atoms with E-state index in [9.17, 15) is 4.79 Å². The first-order valence-corrected chi connectivity index (χ1v) is 11.4. The fourth-order valence-corrected chi connectivity index (χ4v) is 4.66. The highest BCUT2D eigenvalue weighted by molar-refractivity contribution is 7.99. The molecule has 1 amide bonds. The molecule has 5 nitrogen and oxygen atoms in total. The van der Waals surface area contributed by atoms with Crippen LogP contribution in [0.25, 0.3) is 10.7 Å². The molecular formula is C21H24N4OS2. The van der Waals surface area contributed by atoms with Crippen LogP contribution in [0.15, 0.2) is 40.9 Å². The van der Waals surface area contributed by atoms with Gasteiger partial charge in [-0.05, 0) is 61.7 Å². The molecule has 1 saturated carbocycles. The zero-order valence-corrected chi connectivity index (χ0v) is 17.9. The van der Waals surface area contributed by atoms with Crippen molar-refractivity contribution in [1.29, 1.82) is 0 Å². The molecule has 28 heavy (non-hydrogen) atoms. The minimum absolute atomic E-state index is 0.0127. The van der Waals surface area contributed by atoms with Gasteiger partial charge in [0.05, 0.1) is 16.7 Å². The number of hydrogen-bond acceptors (Lipinski definition) is 5. The highest BCUT2D eigenvalue weighted by atomic mass is 32.2. The van der Waals surface area contributed by atoms with E-state index in [4.69, 9.17) is 0 Å². The third-order valence-electron chi connectivity index (χ3n) is 5.06. The molecule has 3 aromatic rings. The Labute approximate surface area is 173 Å². The molecule has 0 aliphatic heterocycles. The summed E-state index contributed by atoms with van der Waals surface area (Å²) < 4.78 is 2.20. The zero-order chi connectivity index (χ0) is 19.7. The number of carbonyl (C=O) groups excluding carboxylic acids is 1. The van der Waals surface area contributed by atoms with Crippen molar-refractivity contribution >= 4 is 29.0 Å². The average Bonchev–Trinajstić information content (AvgIpc) is 3.19. The van der Waals surface area contributed by atoms with Gasteiger partial charge in [0.2, 0.25) is 5.91 Å². The number of aromatic nitrogens is 3. The lowest BCUT2D eigenvalue weighted by Gasteiger charge is -2.15. The van der Waals surface area contributed by atoms with E-state index in [0.717, 1.165) is 34.3 Å². The minimum Gasteiger partial charge on any atom is -0.349 e. The maximum atomic E-state index is 12.5. The highest BCUT2D eigenvalue weighted by Gasteiger charge is 2.30. The van der Waals surface area contributed by atoms with E-state index in [2.05, 4.69) is 63.6 Å². The van der Waals surface area contributed by atoms with Crippen LogP contribution in [0.2, 0.25) is 0 Å². The van der Waals surface area contributed by atoms with Crippen LogP contribution in [0.1, 0.15) is 48.5 Å². The van der Waals surface area contributed by atoms with E-state index in [1.807, 2.05) is 13.0 Å². The van der Waals surface area contributed by atoms with Crippen molar-refractivity contribution in [3.05, 3.63) is 52.4 Å². The molecule has 0 saturated heterocycles. The predicted octanol–water partition coefficient (Wildman–Crippen LogP) is 4.93. The molecule has 1 aromatic carbocycles. The van der Waals surface area contributed by atoms with Gasteiger partial charge in [-0.1, -0.05) is 36.0 Å². The summed E-state index contributed by atoms with van der Waals surface area (Å²) in [4.78, 5) is 13.6. The lowest BCUT2D eigenvalue weighted by atomic mass is 10.0. The molecule has 0 spiro atoms. The number of thiophene rings is 1. The summed E-state index contributed by atoms with van der Waals surface area (Å²) in [5.41, 5.74) is 3.63. The van der Waals surface area contributed by atoms with Crippen LogP contribution in [0.4, 0.5) is 0 Å². The molecule has 2 heterocycles. The average molecular weight is 413 g/mol. The zero-order valence-electron chi connectivity index (χ0n) is 16.3. The normalized spacial score (nSPS) is 14.8. The van der Waals surface area contributed by atoms with Gasteiger partial charge in [-0.15, -0.1) is 21.5 Å². The van der Waals surface area contributed by atoms with Crippen molar-refractivity contribution in [1.82, 2.24) is 20.1 Å². The Morgan fingerprint density at radius 1 is 1.29 bits per heavy atom. The number of nitrogens with zero attached hydrogens (tertiary/aromatic N) is 3. The smallest absolute Gasteiger partial charge is 0.230 e. The molecular weight excluding hydrogens is 388 g/mol. The second kappa shape index (κ2) is 8.09. The molecule has 0 unspecified atom stereocenters. The standard InChI is InChI=1S/C21H24N4OS2/c1-13-6-7-16(11-14(13)2)15(3)22-19(26)12-28-21-24-23-20(18-5-4-10-27-18)25(21)17-8-9-17/h4-7,10-11,15,17H,8-9,12H2,1-3H3,(H,22,26)/t15-/m1/s1. The van der Waals surface area contributed by atoms with Gasteiger partial charge in [0.25, 0.3) is 0 Å². The molecule has 7 heteroatoms. The molecule has 1 atom stereocenters. The summed E-state index contributed by atoms with van der Waals surface area (Å²) in [5, 5.41) is 14.7. The number of thioether (sulfide) groups is 1. The van der Waals surface area contributed by atoms with Gasteiger partial charge in [-0.2, -0.15) is 0 Å². The summed E-state index contributed by atoms with van der Waals surface area (Å²) >= 11 is 3.14. The van der Waals surface area contributed by atoms with E-state index < -0.39 is 0 Å². The minimum atomic E-state index is -0.0182. The Kier molecular flexibility index (Phi) is 5.55. The van der Waals surface area contributed by atoms with Crippen molar-refractivity contribution < 1.29 is 4.79 Å². The van der Waals surface area contributed by atoms with Gasteiger partial charge in [0.15, 0.2) is 11.0 Å². The Bertz CT molecular complexity index is 976. The summed E-state index contributed by atoms with van der Waals surface area (Å²) in [6.07, 6.45) is 2.31. The second-order valence-electron chi connectivity index (χ2n) is 7.31. The maximum absolute atomic E-state index is 12.5. The van der Waals surface area contributed by atoms with Gasteiger partial charge < -0.3 is 5.32 Å². The number of aryl methyl sites for hydroxylation is 2. The van der Waals surface area contributed by atoms with Crippen LogP contribution in [0.5, 0.6) is 0 Å². The molecule has 0 radical (unpaired) electrons. The number of hydrogen-bond donors (Lipinski definition) is 1. The van der Waals surface area contributed by atoms with Crippen molar-refractivity contribution in [2.75, 3.05) is 5.75 Å². The fourth-order valence-electron chi connectivity index (χ4n) is 3.14. The van der Waals surface area contributed by atoms with E-state index >= 15 is 0 Å². The van der Waals surface area contributed by atoms with Crippen LogP contribution in [-0.2, 0) is 4.79 Å². The van der Waals surface area contributed by atoms with Crippen molar-refractivity contribution in [2.24, 2.45) is 0 Å². The van der Waals surface area contributed by atoms with Gasteiger partial charge in [-0.3, -0.25) is 9.36 Å². The molecule has 1 aliphatic rings. The SMILES string of the molecule is Cc1ccc([C@@H](C)NC(=O)CSc2nnc(-c3cccs3)n2C2CC2)cc1C. The molecule has 1 fully saturated rings. The van der Waals surface area contributed by atoms with Crippen molar-refractivity contribution in [3.63, 3.8) is 0 Å². The van der Waals surface area contributed by atoms with E-state index in [1.165, 1.54) is 22.9 Å². The molecule has 146 valence electrons. The van der Waals surface area contributed by atoms with Crippen molar-refractivity contribution in [3.8, 4) is 10.7 Å². The second-order valence-corrected chi connectivity index (χ2v) is 9.20. The number of rotatable bonds is 7. The van der Waals surface area contributed by atoms with Crippen molar-refractivity contribution in [2.45, 2.75) is 50.9 Å². The third kappa shape index (κ3) is 4.15. The lowest BCUT2D eigenvalue weighted by Crippen LogP contribution is -2.28. The predicted molar refractivity (Wildman–Crippen MR) is 115 cm³/mol. The quantitative estimate of drug-likeness (QED) is 0.559. The number of benzene rings is 1. The molecule has 1 aliphatic carbocycles.